The summed E-state index contributed by atoms with van der Waals surface area (Å²) in [4.78, 5) is 19.8. The highest BCUT2D eigenvalue weighted by atomic mass is 16.5. The number of carboxylic acid groups (broad SMARTS) is 1. The molecule has 1 aliphatic rings. The van der Waals surface area contributed by atoms with Crippen LogP contribution < -0.4 is 0 Å². The van der Waals surface area contributed by atoms with Crippen LogP contribution in [0.25, 0.3) is 0 Å². The lowest BCUT2D eigenvalue weighted by molar-refractivity contribution is -0.137. The highest BCUT2D eigenvalue weighted by molar-refractivity contribution is 5.73. The largest absolute Gasteiger partial charge is 0.481 e. The second-order valence-electron chi connectivity index (χ2n) is 2.61. The van der Waals surface area contributed by atoms with Crippen molar-refractivity contribution in [2.24, 2.45) is 0 Å². The lowest BCUT2D eigenvalue weighted by atomic mass is 10.3. The standard InChI is InChI=1S/2C5H6O2/c1-4-2-3-5(6)7-4;1-2-3-4-5(6)7/h1-3H2;1H,3-4H2,(H,6,7). The number of esters is 1. The van der Waals surface area contributed by atoms with E-state index >= 15 is 0 Å². The Balaban J connectivity index is 0.000000241. The van der Waals surface area contributed by atoms with E-state index in [4.69, 9.17) is 11.5 Å². The Morgan fingerprint density at radius 2 is 2.29 bits per heavy atom. The van der Waals surface area contributed by atoms with Crippen molar-refractivity contribution in [2.75, 3.05) is 0 Å². The van der Waals surface area contributed by atoms with E-state index in [0.717, 1.165) is 0 Å². The first-order chi connectivity index (χ1) is 6.56. The first-order valence-electron chi connectivity index (χ1n) is 4.10. The number of carbonyl (C=O) groups excluding carboxylic acids is 1. The fourth-order valence-corrected chi connectivity index (χ4v) is 0.684. The number of terminal acetylenes is 1. The zero-order valence-electron chi connectivity index (χ0n) is 7.78. The maximum Gasteiger partial charge on any atom is 0.311 e. The highest BCUT2D eigenvalue weighted by Gasteiger charge is 2.13. The van der Waals surface area contributed by atoms with Crippen LogP contribution in [0.5, 0.6) is 0 Å². The molecule has 0 radical (unpaired) electrons. The van der Waals surface area contributed by atoms with Gasteiger partial charge in [0.15, 0.2) is 0 Å². The monoisotopic (exact) mass is 196 g/mol. The van der Waals surface area contributed by atoms with Gasteiger partial charge >= 0.3 is 11.9 Å². The van der Waals surface area contributed by atoms with Crippen LogP contribution in [0.2, 0.25) is 0 Å². The molecule has 4 nitrogen and oxygen atoms in total. The van der Waals surface area contributed by atoms with E-state index in [1.165, 1.54) is 0 Å². The summed E-state index contributed by atoms with van der Waals surface area (Å²) in [5.41, 5.74) is 0. The number of carboxylic acids is 1. The first kappa shape index (κ1) is 12.2. The molecule has 0 saturated carbocycles. The summed E-state index contributed by atoms with van der Waals surface area (Å²) in [5, 5.41) is 7.95. The van der Waals surface area contributed by atoms with E-state index in [2.05, 4.69) is 17.2 Å². The molecule has 1 fully saturated rings. The van der Waals surface area contributed by atoms with Gasteiger partial charge in [-0.25, -0.2) is 0 Å². The SMILES string of the molecule is C#CCCC(=O)O.C=C1CCC(=O)O1. The first-order valence-corrected chi connectivity index (χ1v) is 4.10. The molecule has 0 aromatic rings. The number of allylic oxidation sites excluding steroid dienone is 1. The van der Waals surface area contributed by atoms with Crippen molar-refractivity contribution in [3.05, 3.63) is 12.3 Å². The number of rotatable bonds is 2. The Labute approximate surface area is 82.6 Å². The normalized spacial score (nSPS) is 13.6. The summed E-state index contributed by atoms with van der Waals surface area (Å²) >= 11 is 0. The molecular weight excluding hydrogens is 184 g/mol. The molecule has 1 rings (SSSR count). The molecule has 0 bridgehead atoms. The topological polar surface area (TPSA) is 63.6 Å². The lowest BCUT2D eigenvalue weighted by Crippen LogP contribution is -1.91. The summed E-state index contributed by atoms with van der Waals surface area (Å²) in [5.74, 6) is 1.84. The van der Waals surface area contributed by atoms with Crippen LogP contribution in [-0.2, 0) is 14.3 Å². The van der Waals surface area contributed by atoms with Crippen LogP contribution in [-0.4, -0.2) is 17.0 Å². The predicted molar refractivity (Wildman–Crippen MR) is 50.2 cm³/mol. The van der Waals surface area contributed by atoms with Gasteiger partial charge in [0.25, 0.3) is 0 Å². The zero-order valence-corrected chi connectivity index (χ0v) is 7.78. The van der Waals surface area contributed by atoms with E-state index in [1.54, 1.807) is 0 Å². The second-order valence-corrected chi connectivity index (χ2v) is 2.61. The summed E-state index contributed by atoms with van der Waals surface area (Å²) in [6.07, 6.45) is 6.39. The number of hydrogen-bond acceptors (Lipinski definition) is 3. The van der Waals surface area contributed by atoms with Gasteiger partial charge in [-0.1, -0.05) is 6.58 Å². The Kier molecular flexibility index (Phi) is 5.88. The average molecular weight is 196 g/mol. The number of cyclic esters (lactones) is 1. The van der Waals surface area contributed by atoms with Gasteiger partial charge in [0.2, 0.25) is 0 Å². The Morgan fingerprint density at radius 3 is 2.43 bits per heavy atom. The fraction of sp³-hybridized carbons (Fsp3) is 0.400. The molecule has 1 heterocycles. The van der Waals surface area contributed by atoms with Crippen LogP contribution in [0.1, 0.15) is 25.7 Å². The number of aliphatic carboxylic acids is 1. The van der Waals surface area contributed by atoms with Gasteiger partial charge in [-0.3, -0.25) is 9.59 Å². The van der Waals surface area contributed by atoms with Crippen molar-refractivity contribution in [3.8, 4) is 12.3 Å². The predicted octanol–water partition coefficient (Wildman–Crippen LogP) is 1.32. The smallest absolute Gasteiger partial charge is 0.311 e. The van der Waals surface area contributed by atoms with Crippen molar-refractivity contribution in [3.63, 3.8) is 0 Å². The van der Waals surface area contributed by atoms with Gasteiger partial charge in [0.05, 0.1) is 12.8 Å². The van der Waals surface area contributed by atoms with Gasteiger partial charge in [0, 0.05) is 12.8 Å². The maximum absolute atomic E-state index is 10.2. The summed E-state index contributed by atoms with van der Waals surface area (Å²) in [6, 6.07) is 0. The van der Waals surface area contributed by atoms with E-state index < -0.39 is 5.97 Å². The van der Waals surface area contributed by atoms with Crippen molar-refractivity contribution in [2.45, 2.75) is 25.7 Å². The summed E-state index contributed by atoms with van der Waals surface area (Å²) in [7, 11) is 0. The zero-order chi connectivity index (χ0) is 11.0. The maximum atomic E-state index is 10.2. The molecule has 0 unspecified atom stereocenters. The van der Waals surface area contributed by atoms with Gasteiger partial charge in [-0.15, -0.1) is 12.3 Å². The van der Waals surface area contributed by atoms with E-state index in [9.17, 15) is 9.59 Å². The molecule has 4 heteroatoms. The van der Waals surface area contributed by atoms with Gasteiger partial charge in [-0.05, 0) is 0 Å². The molecule has 0 atom stereocenters. The van der Waals surface area contributed by atoms with E-state index in [-0.39, 0.29) is 12.4 Å². The number of hydrogen-bond donors (Lipinski definition) is 1. The van der Waals surface area contributed by atoms with Crippen molar-refractivity contribution in [1.82, 2.24) is 0 Å². The van der Waals surface area contributed by atoms with Crippen molar-refractivity contribution < 1.29 is 19.4 Å². The van der Waals surface area contributed by atoms with Gasteiger partial charge in [-0.2, -0.15) is 0 Å². The van der Waals surface area contributed by atoms with Crippen LogP contribution in [0.15, 0.2) is 12.3 Å². The Morgan fingerprint density at radius 1 is 1.64 bits per heavy atom. The van der Waals surface area contributed by atoms with Crippen LogP contribution in [0.4, 0.5) is 0 Å². The molecule has 1 saturated heterocycles. The van der Waals surface area contributed by atoms with E-state index in [1.807, 2.05) is 0 Å². The number of ether oxygens (including phenoxy) is 1. The van der Waals surface area contributed by atoms with E-state index in [0.29, 0.717) is 25.0 Å². The molecule has 0 amide bonds. The molecule has 1 N–H and O–H groups in total. The average Bonchev–Trinajstić information content (AvgIpc) is 2.47. The van der Waals surface area contributed by atoms with Crippen LogP contribution >= 0.6 is 0 Å². The molecule has 14 heavy (non-hydrogen) atoms. The van der Waals surface area contributed by atoms with Crippen LogP contribution in [0.3, 0.4) is 0 Å². The van der Waals surface area contributed by atoms with Crippen molar-refractivity contribution >= 4 is 11.9 Å². The lowest BCUT2D eigenvalue weighted by Gasteiger charge is -1.85. The minimum atomic E-state index is -0.835. The molecular formula is C10H12O4. The molecule has 76 valence electrons. The third-order valence-corrected chi connectivity index (χ3v) is 1.35. The van der Waals surface area contributed by atoms with Gasteiger partial charge in [0.1, 0.15) is 5.76 Å². The quantitative estimate of drug-likeness (QED) is 0.534. The Bertz CT molecular complexity index is 258. The van der Waals surface area contributed by atoms with Gasteiger partial charge < -0.3 is 9.84 Å². The summed E-state index contributed by atoms with van der Waals surface area (Å²) < 4.78 is 4.53. The second kappa shape index (κ2) is 6.72. The summed E-state index contributed by atoms with van der Waals surface area (Å²) in [6.45, 7) is 3.46. The minimum absolute atomic E-state index is 0.0799. The molecule has 0 aliphatic carbocycles. The third-order valence-electron chi connectivity index (χ3n) is 1.35. The highest BCUT2D eigenvalue weighted by Crippen LogP contribution is 2.13. The molecule has 1 aliphatic heterocycles. The Hall–Kier alpha value is -1.76. The minimum Gasteiger partial charge on any atom is -0.481 e. The molecule has 0 aromatic heterocycles. The fourth-order valence-electron chi connectivity index (χ4n) is 0.684. The molecule has 0 aromatic carbocycles. The van der Waals surface area contributed by atoms with Crippen molar-refractivity contribution in [1.29, 1.82) is 0 Å². The third kappa shape index (κ3) is 6.92. The molecule has 0 spiro atoms. The van der Waals surface area contributed by atoms with Crippen LogP contribution in [0, 0.1) is 12.3 Å². The number of carbonyl (C=O) groups is 2.